The number of methoxy groups -OCH3 is 2. The van der Waals surface area contributed by atoms with E-state index in [0.717, 1.165) is 0 Å². The molecule has 1 amide bonds. The first-order valence-electron chi connectivity index (χ1n) is 10.4. The quantitative estimate of drug-likeness (QED) is 0.401. The van der Waals surface area contributed by atoms with Gasteiger partial charge in [-0.25, -0.2) is 5.01 Å². The van der Waals surface area contributed by atoms with Crippen LogP contribution in [0, 0.1) is 10.1 Å². The number of carbonyl (C=O) groups is 1. The zero-order chi connectivity index (χ0) is 24.4. The predicted molar refractivity (Wildman–Crippen MR) is 122 cm³/mol. The lowest BCUT2D eigenvalue weighted by molar-refractivity contribution is -0.385. The molecule has 3 aromatic rings. The molecule has 0 fully saturated rings. The third-order valence-electron chi connectivity index (χ3n) is 5.48. The van der Waals surface area contributed by atoms with Gasteiger partial charge in [0.1, 0.15) is 29.5 Å². The lowest BCUT2D eigenvalue weighted by atomic mass is 10.0. The second kappa shape index (κ2) is 9.14. The fraction of sp³-hybridized carbons (Fsp3) is 0.217. The Morgan fingerprint density at radius 1 is 1.24 bits per heavy atom. The lowest BCUT2D eigenvalue weighted by Crippen LogP contribution is -2.40. The Balaban J connectivity index is 1.81. The van der Waals surface area contributed by atoms with Crippen LogP contribution >= 0.6 is 0 Å². The molecule has 34 heavy (non-hydrogen) atoms. The summed E-state index contributed by atoms with van der Waals surface area (Å²) in [5.41, 5.74) is 3.89. The maximum atomic E-state index is 13.5. The van der Waals surface area contributed by atoms with Gasteiger partial charge in [0.25, 0.3) is 0 Å². The average Bonchev–Trinajstić information content (AvgIpc) is 3.48. The lowest BCUT2D eigenvalue weighted by Gasteiger charge is -2.25. The molecule has 1 atom stereocenters. The number of aromatic hydroxyl groups is 1. The van der Waals surface area contributed by atoms with Crippen LogP contribution in [-0.4, -0.2) is 44.9 Å². The van der Waals surface area contributed by atoms with Crippen molar-refractivity contribution in [3.05, 3.63) is 81.7 Å². The van der Waals surface area contributed by atoms with Gasteiger partial charge in [-0.15, -0.1) is 0 Å². The summed E-state index contributed by atoms with van der Waals surface area (Å²) in [5.74, 6) is 0.334. The monoisotopic (exact) mass is 465 g/mol. The molecule has 2 N–H and O–H groups in total. The van der Waals surface area contributed by atoms with Crippen LogP contribution in [0.25, 0.3) is 5.70 Å². The number of aromatic nitrogens is 2. The number of hydrazine groups is 1. The van der Waals surface area contributed by atoms with Crippen LogP contribution in [0.1, 0.15) is 34.6 Å². The minimum Gasteiger partial charge on any atom is -0.508 e. The van der Waals surface area contributed by atoms with Crippen molar-refractivity contribution in [1.29, 1.82) is 0 Å². The highest BCUT2D eigenvalue weighted by molar-refractivity contribution is 5.97. The number of ether oxygens (including phenoxy) is 2. The van der Waals surface area contributed by atoms with Crippen molar-refractivity contribution in [2.24, 2.45) is 0 Å². The maximum Gasteiger partial charge on any atom is 0.320 e. The summed E-state index contributed by atoms with van der Waals surface area (Å²) in [6.45, 7) is 2.12. The van der Waals surface area contributed by atoms with E-state index in [4.69, 9.17) is 9.47 Å². The third kappa shape index (κ3) is 3.98. The molecule has 11 nitrogen and oxygen atoms in total. The van der Waals surface area contributed by atoms with E-state index in [0.29, 0.717) is 34.9 Å². The number of nitrogens with zero attached hydrogens (tertiary/aromatic N) is 4. The Kier molecular flexibility index (Phi) is 6.09. The van der Waals surface area contributed by atoms with Gasteiger partial charge in [-0.05, 0) is 31.2 Å². The van der Waals surface area contributed by atoms with E-state index in [1.165, 1.54) is 29.1 Å². The van der Waals surface area contributed by atoms with Crippen molar-refractivity contribution in [1.82, 2.24) is 20.2 Å². The van der Waals surface area contributed by atoms with E-state index in [-0.39, 0.29) is 11.4 Å². The number of nitrogens with one attached hydrogen (secondary N) is 1. The van der Waals surface area contributed by atoms with Crippen molar-refractivity contribution in [2.75, 3.05) is 14.2 Å². The van der Waals surface area contributed by atoms with Gasteiger partial charge in [0, 0.05) is 23.7 Å². The van der Waals surface area contributed by atoms with E-state index in [1.807, 2.05) is 0 Å². The summed E-state index contributed by atoms with van der Waals surface area (Å²) >= 11 is 0. The molecule has 4 rings (SSSR count). The van der Waals surface area contributed by atoms with Crippen LogP contribution in [-0.2, 0) is 6.54 Å². The van der Waals surface area contributed by atoms with Crippen molar-refractivity contribution >= 4 is 17.3 Å². The molecule has 0 spiro atoms. The zero-order valence-corrected chi connectivity index (χ0v) is 18.8. The van der Waals surface area contributed by atoms with Crippen LogP contribution < -0.4 is 14.9 Å². The summed E-state index contributed by atoms with van der Waals surface area (Å²) < 4.78 is 12.1. The number of hydrogen-bond donors (Lipinski definition) is 2. The topological polar surface area (TPSA) is 132 Å². The SMILES string of the molecule is CCn1cc([N+](=O)[O-])c(C(=O)N2NC(c3ccc(OC)cc3OC)=CC2c2ccccc2O)n1. The minimum absolute atomic E-state index is 0.0279. The van der Waals surface area contributed by atoms with E-state index < -0.39 is 22.6 Å². The van der Waals surface area contributed by atoms with E-state index in [9.17, 15) is 20.0 Å². The normalized spacial score (nSPS) is 15.0. The molecule has 0 aliphatic carbocycles. The molecule has 1 aromatic heterocycles. The Labute approximate surface area is 194 Å². The number of hydrogen-bond acceptors (Lipinski definition) is 8. The number of rotatable bonds is 7. The number of phenols is 1. The van der Waals surface area contributed by atoms with E-state index in [1.54, 1.807) is 56.5 Å². The third-order valence-corrected chi connectivity index (χ3v) is 5.48. The molecule has 0 radical (unpaired) electrons. The van der Waals surface area contributed by atoms with Gasteiger partial charge in [-0.2, -0.15) is 5.10 Å². The van der Waals surface area contributed by atoms with Gasteiger partial charge in [-0.3, -0.25) is 25.0 Å². The van der Waals surface area contributed by atoms with Crippen molar-refractivity contribution in [3.8, 4) is 17.2 Å². The van der Waals surface area contributed by atoms with Crippen LogP contribution in [0.4, 0.5) is 5.69 Å². The summed E-state index contributed by atoms with van der Waals surface area (Å²) in [7, 11) is 3.05. The summed E-state index contributed by atoms with van der Waals surface area (Å²) in [6.07, 6.45) is 2.96. The molecular weight excluding hydrogens is 442 g/mol. The first-order valence-corrected chi connectivity index (χ1v) is 10.4. The summed E-state index contributed by atoms with van der Waals surface area (Å²) in [6, 6.07) is 11.0. The van der Waals surface area contributed by atoms with Gasteiger partial charge in [0.15, 0.2) is 0 Å². The van der Waals surface area contributed by atoms with Crippen molar-refractivity contribution in [3.63, 3.8) is 0 Å². The smallest absolute Gasteiger partial charge is 0.320 e. The first kappa shape index (κ1) is 22.6. The van der Waals surface area contributed by atoms with Gasteiger partial charge in [0.05, 0.1) is 24.8 Å². The van der Waals surface area contributed by atoms with Gasteiger partial charge >= 0.3 is 11.6 Å². The number of benzene rings is 2. The fourth-order valence-corrected chi connectivity index (χ4v) is 3.76. The standard InChI is InChI=1S/C23H23N5O6/c1-4-26-13-19(28(31)32)22(25-26)23(30)27-18(16-7-5-6-8-20(16)29)12-17(24-27)15-10-9-14(33-2)11-21(15)34-3/h5-13,18,24,29H,4H2,1-3H3. The highest BCUT2D eigenvalue weighted by Gasteiger charge is 2.38. The van der Waals surface area contributed by atoms with Crippen LogP contribution in [0.3, 0.4) is 0 Å². The Morgan fingerprint density at radius 3 is 2.65 bits per heavy atom. The summed E-state index contributed by atoms with van der Waals surface area (Å²) in [5, 5.41) is 27.4. The highest BCUT2D eigenvalue weighted by atomic mass is 16.6. The molecular formula is C23H23N5O6. The Morgan fingerprint density at radius 2 is 2.00 bits per heavy atom. The molecule has 2 heterocycles. The number of aryl methyl sites for hydroxylation is 1. The van der Waals surface area contributed by atoms with Gasteiger partial charge < -0.3 is 14.6 Å². The Hall–Kier alpha value is -4.54. The zero-order valence-electron chi connectivity index (χ0n) is 18.8. The molecule has 0 saturated carbocycles. The van der Waals surface area contributed by atoms with Gasteiger partial charge in [0.2, 0.25) is 5.69 Å². The number of phenolic OH excluding ortho intramolecular Hbond substituents is 1. The number of amides is 1. The molecule has 1 unspecified atom stereocenters. The van der Waals surface area contributed by atoms with E-state index >= 15 is 0 Å². The summed E-state index contributed by atoms with van der Waals surface area (Å²) in [4.78, 5) is 24.5. The molecule has 0 saturated heterocycles. The molecule has 1 aliphatic rings. The molecule has 0 bridgehead atoms. The molecule has 2 aromatic carbocycles. The first-order chi connectivity index (χ1) is 16.4. The average molecular weight is 465 g/mol. The Bertz CT molecular complexity index is 1280. The van der Waals surface area contributed by atoms with Crippen LogP contribution in [0.15, 0.2) is 54.7 Å². The molecule has 11 heteroatoms. The van der Waals surface area contributed by atoms with E-state index in [2.05, 4.69) is 10.5 Å². The fourth-order valence-electron chi connectivity index (χ4n) is 3.76. The van der Waals surface area contributed by atoms with Crippen molar-refractivity contribution < 1.29 is 24.3 Å². The number of carbonyl (C=O) groups excluding carboxylic acids is 1. The number of nitro groups is 1. The highest BCUT2D eigenvalue weighted by Crippen LogP contribution is 2.39. The molecule has 176 valence electrons. The van der Waals surface area contributed by atoms with Crippen LogP contribution in [0.5, 0.6) is 17.2 Å². The number of para-hydroxylation sites is 1. The van der Waals surface area contributed by atoms with Crippen molar-refractivity contribution in [2.45, 2.75) is 19.5 Å². The second-order valence-corrected chi connectivity index (χ2v) is 7.41. The second-order valence-electron chi connectivity index (χ2n) is 7.41. The van der Waals surface area contributed by atoms with Gasteiger partial charge in [-0.1, -0.05) is 18.2 Å². The largest absolute Gasteiger partial charge is 0.508 e. The predicted octanol–water partition coefficient (Wildman–Crippen LogP) is 3.28. The van der Waals surface area contributed by atoms with Crippen LogP contribution in [0.2, 0.25) is 0 Å². The maximum absolute atomic E-state index is 13.5. The molecule has 1 aliphatic heterocycles. The minimum atomic E-state index is -0.776.